The van der Waals surface area contributed by atoms with E-state index >= 15 is 0 Å². The lowest BCUT2D eigenvalue weighted by Gasteiger charge is -2.30. The first-order valence-electron chi connectivity index (χ1n) is 4.91. The van der Waals surface area contributed by atoms with Crippen molar-refractivity contribution < 1.29 is 9.21 Å². The van der Waals surface area contributed by atoms with E-state index in [-0.39, 0.29) is 5.91 Å². The van der Waals surface area contributed by atoms with Gasteiger partial charge < -0.3 is 15.1 Å². The van der Waals surface area contributed by atoms with Gasteiger partial charge in [0.1, 0.15) is 5.76 Å². The molecular weight excluding hydrogens is 212 g/mol. The van der Waals surface area contributed by atoms with Gasteiger partial charge in [0.2, 0.25) is 5.91 Å². The van der Waals surface area contributed by atoms with E-state index in [1.165, 1.54) is 0 Å². The minimum Gasteiger partial charge on any atom is -0.467 e. The Kier molecular flexibility index (Phi) is 3.33. The summed E-state index contributed by atoms with van der Waals surface area (Å²) in [6.45, 7) is 1.90. The van der Waals surface area contributed by atoms with Crippen molar-refractivity contribution in [2.75, 3.05) is 18.8 Å². The molecule has 1 fully saturated rings. The first kappa shape index (κ1) is 10.6. The van der Waals surface area contributed by atoms with Crippen molar-refractivity contribution in [1.82, 2.24) is 4.90 Å². The Hall–Kier alpha value is -0.940. The molecule has 1 amide bonds. The Bertz CT molecular complexity index is 326. The van der Waals surface area contributed by atoms with Crippen LogP contribution in [0.2, 0.25) is 0 Å². The number of nitrogens with two attached hydrogens (primary N) is 1. The molecule has 1 aliphatic heterocycles. The van der Waals surface area contributed by atoms with Crippen LogP contribution < -0.4 is 5.73 Å². The van der Waals surface area contributed by atoms with E-state index in [1.807, 2.05) is 17.0 Å². The maximum Gasteiger partial charge on any atom is 0.233 e. The third-order valence-electron chi connectivity index (χ3n) is 2.41. The summed E-state index contributed by atoms with van der Waals surface area (Å²) in [5.74, 6) is 1.52. The van der Waals surface area contributed by atoms with Crippen molar-refractivity contribution in [3.05, 3.63) is 24.2 Å². The van der Waals surface area contributed by atoms with Crippen LogP contribution in [-0.4, -0.2) is 34.9 Å². The number of nitrogens with zero attached hydrogens (tertiary/aromatic N) is 1. The maximum absolute atomic E-state index is 11.6. The van der Waals surface area contributed by atoms with E-state index in [0.29, 0.717) is 24.1 Å². The second kappa shape index (κ2) is 4.72. The molecule has 0 aromatic carbocycles. The fraction of sp³-hybridized carbons (Fsp3) is 0.500. The number of amides is 1. The lowest BCUT2D eigenvalue weighted by molar-refractivity contribution is -0.129. The predicted molar refractivity (Wildman–Crippen MR) is 59.4 cm³/mol. The number of carbonyl (C=O) groups is 1. The fourth-order valence-corrected chi connectivity index (χ4v) is 2.55. The molecule has 2 N–H and O–H groups in total. The van der Waals surface area contributed by atoms with Crippen LogP contribution in [0.25, 0.3) is 0 Å². The van der Waals surface area contributed by atoms with Crippen molar-refractivity contribution in [1.29, 1.82) is 0 Å². The Balaban J connectivity index is 1.97. The minimum absolute atomic E-state index is 0.168. The van der Waals surface area contributed by atoms with Crippen molar-refractivity contribution in [3.63, 3.8) is 0 Å². The fourth-order valence-electron chi connectivity index (χ4n) is 1.57. The Labute approximate surface area is 92.8 Å². The Morgan fingerprint density at radius 2 is 2.53 bits per heavy atom. The zero-order valence-electron chi connectivity index (χ0n) is 8.39. The molecule has 2 rings (SSSR count). The van der Waals surface area contributed by atoms with Crippen LogP contribution in [0, 0.1) is 0 Å². The average molecular weight is 226 g/mol. The number of rotatable bonds is 3. The zero-order chi connectivity index (χ0) is 10.7. The zero-order valence-corrected chi connectivity index (χ0v) is 9.20. The van der Waals surface area contributed by atoms with Gasteiger partial charge in [-0.1, -0.05) is 0 Å². The molecular formula is C10H14N2O2S. The summed E-state index contributed by atoms with van der Waals surface area (Å²) in [5, 5.41) is 0.359. The number of carbonyl (C=O) groups excluding carboxylic acids is 1. The molecule has 2 heterocycles. The molecule has 0 saturated carbocycles. The third kappa shape index (κ3) is 2.54. The van der Waals surface area contributed by atoms with Crippen molar-refractivity contribution in [2.24, 2.45) is 5.73 Å². The largest absolute Gasteiger partial charge is 0.467 e. The summed E-state index contributed by atoms with van der Waals surface area (Å²) in [4.78, 5) is 13.4. The minimum atomic E-state index is 0.168. The van der Waals surface area contributed by atoms with E-state index in [4.69, 9.17) is 10.2 Å². The molecule has 1 saturated heterocycles. The summed E-state index contributed by atoms with van der Waals surface area (Å²) in [6, 6.07) is 3.71. The third-order valence-corrected chi connectivity index (χ3v) is 3.64. The lowest BCUT2D eigenvalue weighted by atomic mass is 10.3. The van der Waals surface area contributed by atoms with E-state index in [2.05, 4.69) is 0 Å². The molecule has 0 spiro atoms. The summed E-state index contributed by atoms with van der Waals surface area (Å²) >= 11 is 1.64. The average Bonchev–Trinajstić information content (AvgIpc) is 2.74. The van der Waals surface area contributed by atoms with E-state index < -0.39 is 0 Å². The quantitative estimate of drug-likeness (QED) is 0.823. The smallest absolute Gasteiger partial charge is 0.233 e. The van der Waals surface area contributed by atoms with Crippen molar-refractivity contribution in [2.45, 2.75) is 11.8 Å². The SMILES string of the molecule is NCC1CN(Cc2ccco2)C(=O)CS1. The van der Waals surface area contributed by atoms with Gasteiger partial charge in [-0.2, -0.15) is 0 Å². The van der Waals surface area contributed by atoms with E-state index in [1.54, 1.807) is 18.0 Å². The van der Waals surface area contributed by atoms with Gasteiger partial charge in [-0.05, 0) is 12.1 Å². The first-order chi connectivity index (χ1) is 7.29. The van der Waals surface area contributed by atoms with Gasteiger partial charge in [-0.25, -0.2) is 0 Å². The monoisotopic (exact) mass is 226 g/mol. The number of furan rings is 1. The van der Waals surface area contributed by atoms with Gasteiger partial charge >= 0.3 is 0 Å². The second-order valence-corrected chi connectivity index (χ2v) is 4.81. The number of thioether (sulfide) groups is 1. The molecule has 4 nitrogen and oxygen atoms in total. The number of hydrogen-bond donors (Lipinski definition) is 1. The van der Waals surface area contributed by atoms with Gasteiger partial charge in [0.05, 0.1) is 18.6 Å². The molecule has 0 bridgehead atoms. The molecule has 1 aromatic heterocycles. The maximum atomic E-state index is 11.6. The Morgan fingerprint density at radius 1 is 1.67 bits per heavy atom. The second-order valence-electron chi connectivity index (χ2n) is 3.52. The van der Waals surface area contributed by atoms with Gasteiger partial charge in [0.25, 0.3) is 0 Å². The normalized spacial score (nSPS) is 22.1. The molecule has 1 aliphatic rings. The molecule has 0 aliphatic carbocycles. The molecule has 1 aromatic rings. The summed E-state index contributed by atoms with van der Waals surface area (Å²) < 4.78 is 5.22. The molecule has 1 atom stereocenters. The Morgan fingerprint density at radius 3 is 3.20 bits per heavy atom. The van der Waals surface area contributed by atoms with Crippen LogP contribution in [0.3, 0.4) is 0 Å². The van der Waals surface area contributed by atoms with Crippen molar-refractivity contribution >= 4 is 17.7 Å². The topological polar surface area (TPSA) is 59.5 Å². The van der Waals surface area contributed by atoms with Crippen LogP contribution in [0.5, 0.6) is 0 Å². The standard InChI is InChI=1S/C10H14N2O2S/c11-4-9-6-12(10(13)7-15-9)5-8-2-1-3-14-8/h1-3,9H,4-7,11H2. The summed E-state index contributed by atoms with van der Waals surface area (Å²) in [6.07, 6.45) is 1.62. The van der Waals surface area contributed by atoms with Crippen molar-refractivity contribution in [3.8, 4) is 0 Å². The van der Waals surface area contributed by atoms with Gasteiger partial charge in [-0.15, -0.1) is 11.8 Å². The van der Waals surface area contributed by atoms with E-state index in [0.717, 1.165) is 12.3 Å². The van der Waals surface area contributed by atoms with Gasteiger partial charge in [-0.3, -0.25) is 4.79 Å². The van der Waals surface area contributed by atoms with Crippen LogP contribution >= 0.6 is 11.8 Å². The molecule has 15 heavy (non-hydrogen) atoms. The van der Waals surface area contributed by atoms with Gasteiger partial charge in [0, 0.05) is 18.3 Å². The van der Waals surface area contributed by atoms with E-state index in [9.17, 15) is 4.79 Å². The molecule has 5 heteroatoms. The highest BCUT2D eigenvalue weighted by atomic mass is 32.2. The molecule has 82 valence electrons. The van der Waals surface area contributed by atoms with Gasteiger partial charge in [0.15, 0.2) is 0 Å². The van der Waals surface area contributed by atoms with Crippen LogP contribution in [0.4, 0.5) is 0 Å². The molecule has 0 radical (unpaired) electrons. The highest BCUT2D eigenvalue weighted by Crippen LogP contribution is 2.20. The summed E-state index contributed by atoms with van der Waals surface area (Å²) in [5.41, 5.74) is 5.60. The first-order valence-corrected chi connectivity index (χ1v) is 5.96. The highest BCUT2D eigenvalue weighted by molar-refractivity contribution is 8.00. The highest BCUT2D eigenvalue weighted by Gasteiger charge is 2.25. The van der Waals surface area contributed by atoms with Crippen LogP contribution in [0.1, 0.15) is 5.76 Å². The predicted octanol–water partition coefficient (Wildman–Crippen LogP) is 0.682. The summed E-state index contributed by atoms with van der Waals surface area (Å²) in [7, 11) is 0. The molecule has 1 unspecified atom stereocenters. The van der Waals surface area contributed by atoms with Crippen LogP contribution in [0.15, 0.2) is 22.8 Å². The lowest BCUT2D eigenvalue weighted by Crippen LogP contribution is -2.44. The number of hydrogen-bond acceptors (Lipinski definition) is 4. The van der Waals surface area contributed by atoms with Crippen LogP contribution in [-0.2, 0) is 11.3 Å².